The Morgan fingerprint density at radius 1 is 1.64 bits per heavy atom. The van der Waals surface area contributed by atoms with Crippen molar-refractivity contribution in [2.45, 2.75) is 26.7 Å². The topological polar surface area (TPSA) is 38.7 Å². The zero-order valence-electron chi connectivity index (χ0n) is 8.58. The van der Waals surface area contributed by atoms with Crippen molar-refractivity contribution in [2.24, 2.45) is 4.99 Å². The van der Waals surface area contributed by atoms with Gasteiger partial charge in [0, 0.05) is 11.0 Å². The van der Waals surface area contributed by atoms with Gasteiger partial charge in [0.2, 0.25) is 0 Å². The number of carbonyl (C=O) groups excluding carboxylic acids is 1. The Morgan fingerprint density at radius 3 is 3.07 bits per heavy atom. The fourth-order valence-electron chi connectivity index (χ4n) is 1.12. The molecule has 0 radical (unpaired) electrons. The third kappa shape index (κ3) is 3.54. The minimum atomic E-state index is -0.261. The van der Waals surface area contributed by atoms with Crippen molar-refractivity contribution in [3.63, 3.8) is 0 Å². The predicted molar refractivity (Wildman–Crippen MR) is 59.5 cm³/mol. The fraction of sp³-hybridized carbons (Fsp3) is 0.600. The summed E-state index contributed by atoms with van der Waals surface area (Å²) >= 11 is 1.60. The first-order chi connectivity index (χ1) is 6.76. The highest BCUT2D eigenvalue weighted by molar-refractivity contribution is 8.17. The summed E-state index contributed by atoms with van der Waals surface area (Å²) in [4.78, 5) is 16.4. The molecule has 0 unspecified atom stereocenters. The Balaban J connectivity index is 2.40. The highest BCUT2D eigenvalue weighted by Crippen LogP contribution is 2.27. The van der Waals surface area contributed by atoms with Crippen molar-refractivity contribution in [3.8, 4) is 0 Å². The lowest BCUT2D eigenvalue weighted by Gasteiger charge is -1.97. The molecule has 0 fully saturated rings. The summed E-state index contributed by atoms with van der Waals surface area (Å²) in [5.74, 6) is -0.261. The van der Waals surface area contributed by atoms with E-state index in [4.69, 9.17) is 4.74 Å². The average molecular weight is 213 g/mol. The maximum absolute atomic E-state index is 11.1. The number of esters is 1. The number of ether oxygens (including phenoxy) is 1. The van der Waals surface area contributed by atoms with Crippen LogP contribution in [-0.2, 0) is 9.53 Å². The van der Waals surface area contributed by atoms with Gasteiger partial charge in [-0.1, -0.05) is 25.1 Å². The van der Waals surface area contributed by atoms with E-state index in [1.54, 1.807) is 24.8 Å². The fourth-order valence-corrected chi connectivity index (χ4v) is 2.14. The zero-order valence-corrected chi connectivity index (χ0v) is 9.39. The van der Waals surface area contributed by atoms with Gasteiger partial charge in [0.25, 0.3) is 0 Å². The molecule has 0 aromatic rings. The van der Waals surface area contributed by atoms with Crippen LogP contribution >= 0.6 is 11.8 Å². The van der Waals surface area contributed by atoms with Gasteiger partial charge in [-0.05, 0) is 13.3 Å². The van der Waals surface area contributed by atoms with Crippen LogP contribution in [0, 0.1) is 0 Å². The standard InChI is InChI=1S/C10H15NO2S/c1-3-5-9-11-7-8(14-9)6-10(12)13-4-2/h6H,3-5,7H2,1-2H3/b8-6+. The SMILES string of the molecule is CCCC1=NC/C(=C\C(=O)OCC)S1. The average Bonchev–Trinajstić information content (AvgIpc) is 2.53. The van der Waals surface area contributed by atoms with E-state index >= 15 is 0 Å². The number of hydrogen-bond donors (Lipinski definition) is 0. The van der Waals surface area contributed by atoms with Gasteiger partial charge in [-0.15, -0.1) is 0 Å². The first-order valence-electron chi connectivity index (χ1n) is 4.84. The quantitative estimate of drug-likeness (QED) is 0.531. The summed E-state index contributed by atoms with van der Waals surface area (Å²) in [7, 11) is 0. The third-order valence-electron chi connectivity index (χ3n) is 1.69. The molecule has 4 heteroatoms. The molecule has 0 saturated carbocycles. The van der Waals surface area contributed by atoms with Gasteiger partial charge in [0.15, 0.2) is 0 Å². The largest absolute Gasteiger partial charge is 0.463 e. The van der Waals surface area contributed by atoms with E-state index < -0.39 is 0 Å². The number of carbonyl (C=O) groups is 1. The first-order valence-corrected chi connectivity index (χ1v) is 5.66. The van der Waals surface area contributed by atoms with Gasteiger partial charge in [-0.2, -0.15) is 0 Å². The van der Waals surface area contributed by atoms with Crippen molar-refractivity contribution < 1.29 is 9.53 Å². The lowest BCUT2D eigenvalue weighted by molar-refractivity contribution is -0.137. The van der Waals surface area contributed by atoms with Crippen LogP contribution in [0.1, 0.15) is 26.7 Å². The van der Waals surface area contributed by atoms with E-state index in [9.17, 15) is 4.79 Å². The summed E-state index contributed by atoms with van der Waals surface area (Å²) < 4.78 is 4.82. The highest BCUT2D eigenvalue weighted by atomic mass is 32.2. The maximum atomic E-state index is 11.1. The van der Waals surface area contributed by atoms with Crippen molar-refractivity contribution in [3.05, 3.63) is 11.0 Å². The van der Waals surface area contributed by atoms with Crippen LogP contribution in [0.2, 0.25) is 0 Å². The number of hydrogen-bond acceptors (Lipinski definition) is 4. The lowest BCUT2D eigenvalue weighted by atomic mass is 10.4. The van der Waals surface area contributed by atoms with Crippen molar-refractivity contribution in [1.29, 1.82) is 0 Å². The van der Waals surface area contributed by atoms with E-state index in [0.29, 0.717) is 13.2 Å². The Morgan fingerprint density at radius 2 is 2.43 bits per heavy atom. The van der Waals surface area contributed by atoms with Crippen LogP contribution in [0.4, 0.5) is 0 Å². The van der Waals surface area contributed by atoms with Gasteiger partial charge in [-0.3, -0.25) is 4.99 Å². The van der Waals surface area contributed by atoms with Crippen LogP contribution in [0.5, 0.6) is 0 Å². The third-order valence-corrected chi connectivity index (χ3v) is 2.77. The van der Waals surface area contributed by atoms with Crippen molar-refractivity contribution >= 4 is 22.8 Å². The van der Waals surface area contributed by atoms with Crippen LogP contribution in [0.15, 0.2) is 16.0 Å². The first kappa shape index (κ1) is 11.3. The van der Waals surface area contributed by atoms with Gasteiger partial charge in [0.05, 0.1) is 18.2 Å². The van der Waals surface area contributed by atoms with E-state index in [1.165, 1.54) is 0 Å². The van der Waals surface area contributed by atoms with Gasteiger partial charge < -0.3 is 4.74 Å². The zero-order chi connectivity index (χ0) is 10.4. The number of nitrogens with zero attached hydrogens (tertiary/aromatic N) is 1. The normalized spacial score (nSPS) is 18.4. The second-order valence-corrected chi connectivity index (χ2v) is 4.12. The lowest BCUT2D eigenvalue weighted by Crippen LogP contribution is -2.00. The Bertz CT molecular complexity index is 271. The maximum Gasteiger partial charge on any atom is 0.331 e. The summed E-state index contributed by atoms with van der Waals surface area (Å²) in [6.45, 7) is 4.99. The molecule has 0 atom stereocenters. The smallest absolute Gasteiger partial charge is 0.331 e. The van der Waals surface area contributed by atoms with Gasteiger partial charge in [-0.25, -0.2) is 4.79 Å². The minimum Gasteiger partial charge on any atom is -0.463 e. The van der Waals surface area contributed by atoms with Crippen molar-refractivity contribution in [1.82, 2.24) is 0 Å². The second-order valence-electron chi connectivity index (χ2n) is 2.92. The number of aliphatic imine (C=N–C) groups is 1. The van der Waals surface area contributed by atoms with E-state index in [1.807, 2.05) is 0 Å². The van der Waals surface area contributed by atoms with Crippen LogP contribution in [-0.4, -0.2) is 24.2 Å². The predicted octanol–water partition coefficient (Wildman–Crippen LogP) is 2.38. The van der Waals surface area contributed by atoms with E-state index in [2.05, 4.69) is 11.9 Å². The molecule has 0 aromatic heterocycles. The van der Waals surface area contributed by atoms with Gasteiger partial charge in [0.1, 0.15) is 0 Å². The molecule has 0 saturated heterocycles. The van der Waals surface area contributed by atoms with Crippen LogP contribution in [0.3, 0.4) is 0 Å². The molecule has 3 nitrogen and oxygen atoms in total. The molecule has 0 aromatic carbocycles. The molecular weight excluding hydrogens is 198 g/mol. The molecular formula is C10H15NO2S. The molecule has 78 valence electrons. The molecule has 0 bridgehead atoms. The molecule has 1 rings (SSSR count). The Kier molecular flexibility index (Phi) is 4.73. The Hall–Kier alpha value is -0.770. The van der Waals surface area contributed by atoms with E-state index in [0.717, 1.165) is 22.8 Å². The molecule has 0 amide bonds. The van der Waals surface area contributed by atoms with Crippen LogP contribution < -0.4 is 0 Å². The monoisotopic (exact) mass is 213 g/mol. The number of thioether (sulfide) groups is 1. The highest BCUT2D eigenvalue weighted by Gasteiger charge is 2.13. The summed E-state index contributed by atoms with van der Waals surface area (Å²) in [5, 5.41) is 1.13. The van der Waals surface area contributed by atoms with Gasteiger partial charge >= 0.3 is 5.97 Å². The molecule has 0 spiro atoms. The Labute approximate surface area is 88.6 Å². The number of rotatable bonds is 4. The minimum absolute atomic E-state index is 0.261. The summed E-state index contributed by atoms with van der Waals surface area (Å²) in [6, 6.07) is 0. The molecule has 14 heavy (non-hydrogen) atoms. The molecule has 1 heterocycles. The molecule has 0 N–H and O–H groups in total. The molecule has 0 aliphatic carbocycles. The summed E-state index contributed by atoms with van der Waals surface area (Å²) in [5.41, 5.74) is 0. The molecule has 1 aliphatic rings. The van der Waals surface area contributed by atoms with Crippen LogP contribution in [0.25, 0.3) is 0 Å². The summed E-state index contributed by atoms with van der Waals surface area (Å²) in [6.07, 6.45) is 3.64. The molecule has 1 aliphatic heterocycles. The van der Waals surface area contributed by atoms with E-state index in [-0.39, 0.29) is 5.97 Å². The second kappa shape index (κ2) is 5.86. The van der Waals surface area contributed by atoms with Crippen molar-refractivity contribution in [2.75, 3.05) is 13.2 Å².